The van der Waals surface area contributed by atoms with E-state index in [1.807, 2.05) is 12.1 Å². The van der Waals surface area contributed by atoms with E-state index in [9.17, 15) is 24.3 Å². The topological polar surface area (TPSA) is 91.8 Å². The summed E-state index contributed by atoms with van der Waals surface area (Å²) in [6.45, 7) is 7.57. The molecule has 1 aromatic carbocycles. The molecule has 0 radical (unpaired) electrons. The van der Waals surface area contributed by atoms with Crippen LogP contribution in [0.5, 0.6) is 0 Å². The fourth-order valence-electron chi connectivity index (χ4n) is 2.87. The van der Waals surface area contributed by atoms with Gasteiger partial charge in [-0.2, -0.15) is 0 Å². The first kappa shape index (κ1) is 22.5. The van der Waals surface area contributed by atoms with E-state index >= 15 is 0 Å². The molecule has 2 atom stereocenters. The lowest BCUT2D eigenvalue weighted by Crippen LogP contribution is -2.46. The Morgan fingerprint density at radius 3 is 2.32 bits per heavy atom. The van der Waals surface area contributed by atoms with Crippen LogP contribution < -0.4 is 0 Å². The number of rotatable bonds is 6. The molecule has 2 rings (SSSR count). The minimum absolute atomic E-state index is 0.0379. The van der Waals surface area contributed by atoms with Crippen molar-refractivity contribution in [1.82, 2.24) is 4.90 Å². The van der Waals surface area contributed by atoms with Crippen molar-refractivity contribution in [3.8, 4) is 0 Å². The monoisotopic (exact) mass is 423 g/mol. The Hall–Kier alpha value is -1.80. The number of benzene rings is 1. The van der Waals surface area contributed by atoms with Crippen molar-refractivity contribution in [2.45, 2.75) is 50.8 Å². The summed E-state index contributed by atoms with van der Waals surface area (Å²) in [4.78, 5) is 49.8. The van der Waals surface area contributed by atoms with Crippen molar-refractivity contribution in [2.75, 3.05) is 11.6 Å². The van der Waals surface area contributed by atoms with E-state index in [-0.39, 0.29) is 28.6 Å². The van der Waals surface area contributed by atoms with Crippen molar-refractivity contribution in [2.24, 2.45) is 0 Å². The van der Waals surface area contributed by atoms with Crippen LogP contribution in [0.4, 0.5) is 0 Å². The average molecular weight is 424 g/mol. The molecule has 1 saturated heterocycles. The predicted octanol–water partition coefficient (Wildman–Crippen LogP) is 3.19. The second-order valence-corrected chi connectivity index (χ2v) is 10.1. The lowest BCUT2D eigenvalue weighted by molar-refractivity contribution is -0.147. The van der Waals surface area contributed by atoms with Crippen molar-refractivity contribution in [3.63, 3.8) is 0 Å². The number of carboxylic acid groups (broad SMARTS) is 1. The zero-order valence-corrected chi connectivity index (χ0v) is 18.1. The number of aliphatic carboxylic acids is 1. The molecule has 1 aliphatic rings. The molecule has 1 unspecified atom stereocenters. The first-order chi connectivity index (χ1) is 13.0. The maximum Gasteiger partial charge on any atom is 0.327 e. The third-order valence-corrected chi connectivity index (χ3v) is 6.47. The second kappa shape index (κ2) is 9.13. The first-order valence-electron chi connectivity index (χ1n) is 8.92. The Labute approximate surface area is 173 Å². The Morgan fingerprint density at radius 2 is 1.82 bits per heavy atom. The molecule has 0 aliphatic carbocycles. The molecule has 0 spiro atoms. The number of hydrogen-bond donors (Lipinski definition) is 1. The molecule has 1 fully saturated rings. The Kier molecular flexibility index (Phi) is 7.33. The number of carbonyl (C=O) groups is 4. The van der Waals surface area contributed by atoms with Gasteiger partial charge in [-0.15, -0.1) is 11.8 Å². The Balaban J connectivity index is 2.17. The highest BCUT2D eigenvalue weighted by molar-refractivity contribution is 8.14. The molecule has 8 heteroatoms. The SMILES string of the molecule is CC(=O)SC(CC(=O)c1ccc(C(C)(C)C)cc1)C(=O)N1CSC[C@H]1C(=O)O. The van der Waals surface area contributed by atoms with Crippen LogP contribution in [0.1, 0.15) is 50.0 Å². The average Bonchev–Trinajstić information content (AvgIpc) is 3.09. The summed E-state index contributed by atoms with van der Waals surface area (Å²) in [5, 5.41) is 8.09. The normalized spacial score (nSPS) is 18.0. The number of carbonyl (C=O) groups excluding carboxylic acids is 3. The highest BCUT2D eigenvalue weighted by Gasteiger charge is 2.39. The molecule has 0 bridgehead atoms. The van der Waals surface area contributed by atoms with E-state index in [0.717, 1.165) is 17.3 Å². The highest BCUT2D eigenvalue weighted by Crippen LogP contribution is 2.28. The van der Waals surface area contributed by atoms with Gasteiger partial charge < -0.3 is 10.0 Å². The zero-order chi connectivity index (χ0) is 21.1. The summed E-state index contributed by atoms with van der Waals surface area (Å²) in [5.41, 5.74) is 1.53. The highest BCUT2D eigenvalue weighted by atomic mass is 32.2. The molecule has 0 aromatic heterocycles. The van der Waals surface area contributed by atoms with Gasteiger partial charge in [0.15, 0.2) is 10.9 Å². The molecule has 1 aromatic rings. The van der Waals surface area contributed by atoms with Gasteiger partial charge >= 0.3 is 5.97 Å². The molecule has 6 nitrogen and oxygen atoms in total. The number of nitrogens with zero attached hydrogens (tertiary/aromatic N) is 1. The van der Waals surface area contributed by atoms with Crippen LogP contribution in [0, 0.1) is 0 Å². The molecular formula is C20H25NO5S2. The molecular weight excluding hydrogens is 398 g/mol. The van der Waals surface area contributed by atoms with Crippen molar-refractivity contribution in [1.29, 1.82) is 0 Å². The number of thioether (sulfide) groups is 2. The Bertz CT molecular complexity index is 770. The summed E-state index contributed by atoms with van der Waals surface area (Å²) in [7, 11) is 0. The predicted molar refractivity (Wildman–Crippen MR) is 112 cm³/mol. The first-order valence-corrected chi connectivity index (χ1v) is 11.0. The van der Waals surface area contributed by atoms with Crippen LogP contribution in [0.3, 0.4) is 0 Å². The maximum atomic E-state index is 12.9. The third-order valence-electron chi connectivity index (χ3n) is 4.48. The van der Waals surface area contributed by atoms with E-state index in [4.69, 9.17) is 0 Å². The van der Waals surface area contributed by atoms with E-state index in [0.29, 0.717) is 11.3 Å². The minimum Gasteiger partial charge on any atom is -0.480 e. The fourth-order valence-corrected chi connectivity index (χ4v) is 4.90. The Morgan fingerprint density at radius 1 is 1.21 bits per heavy atom. The van der Waals surface area contributed by atoms with E-state index in [1.165, 1.54) is 23.6 Å². The second-order valence-electron chi connectivity index (χ2n) is 7.71. The van der Waals surface area contributed by atoms with E-state index in [1.54, 1.807) is 12.1 Å². The van der Waals surface area contributed by atoms with Gasteiger partial charge in [0.05, 0.1) is 11.1 Å². The molecule has 1 aliphatic heterocycles. The zero-order valence-electron chi connectivity index (χ0n) is 16.4. The van der Waals surface area contributed by atoms with E-state index < -0.39 is 23.2 Å². The molecule has 152 valence electrons. The van der Waals surface area contributed by atoms with Crippen LogP contribution in [0.2, 0.25) is 0 Å². The smallest absolute Gasteiger partial charge is 0.327 e. The van der Waals surface area contributed by atoms with Gasteiger partial charge in [0, 0.05) is 24.7 Å². The van der Waals surface area contributed by atoms with Gasteiger partial charge in [-0.05, 0) is 11.0 Å². The lowest BCUT2D eigenvalue weighted by Gasteiger charge is -2.25. The summed E-state index contributed by atoms with van der Waals surface area (Å²) in [6.07, 6.45) is -0.147. The van der Waals surface area contributed by atoms with Crippen LogP contribution in [0.25, 0.3) is 0 Å². The van der Waals surface area contributed by atoms with Gasteiger partial charge in [0.25, 0.3) is 0 Å². The number of hydrogen-bond acceptors (Lipinski definition) is 6. The van der Waals surface area contributed by atoms with E-state index in [2.05, 4.69) is 20.8 Å². The standard InChI is InChI=1S/C20H25NO5S2/c1-12(22)28-17(18(24)21-11-27-10-15(21)19(25)26)9-16(23)13-5-7-14(8-6-13)20(2,3)4/h5-8,15,17H,9-11H2,1-4H3,(H,25,26)/t15-,17?/m0/s1. The summed E-state index contributed by atoms with van der Waals surface area (Å²) in [5.74, 6) is -1.24. The van der Waals surface area contributed by atoms with Gasteiger partial charge in [-0.1, -0.05) is 56.8 Å². The summed E-state index contributed by atoms with van der Waals surface area (Å²) in [6, 6.07) is 6.32. The van der Waals surface area contributed by atoms with Gasteiger partial charge in [0.1, 0.15) is 6.04 Å². The minimum atomic E-state index is -1.07. The van der Waals surface area contributed by atoms with Crippen molar-refractivity contribution >= 4 is 46.3 Å². The fraction of sp³-hybridized carbons (Fsp3) is 0.500. The van der Waals surface area contributed by atoms with Crippen LogP contribution in [-0.4, -0.2) is 55.7 Å². The number of carboxylic acids is 1. The van der Waals surface area contributed by atoms with Crippen LogP contribution >= 0.6 is 23.5 Å². The molecule has 0 saturated carbocycles. The quantitative estimate of drug-likeness (QED) is 0.703. The molecule has 28 heavy (non-hydrogen) atoms. The number of ketones is 1. The molecule has 1 amide bonds. The van der Waals surface area contributed by atoms with Gasteiger partial charge in [-0.25, -0.2) is 4.79 Å². The van der Waals surface area contributed by atoms with Crippen molar-refractivity contribution in [3.05, 3.63) is 35.4 Å². The number of amides is 1. The van der Waals surface area contributed by atoms with Crippen LogP contribution in [-0.2, 0) is 19.8 Å². The summed E-state index contributed by atoms with van der Waals surface area (Å²) < 4.78 is 0. The lowest BCUT2D eigenvalue weighted by atomic mass is 9.86. The van der Waals surface area contributed by atoms with Crippen LogP contribution in [0.15, 0.2) is 24.3 Å². The summed E-state index contributed by atoms with van der Waals surface area (Å²) >= 11 is 2.13. The van der Waals surface area contributed by atoms with Crippen molar-refractivity contribution < 1.29 is 24.3 Å². The third kappa shape index (κ3) is 5.61. The molecule has 1 N–H and O–H groups in total. The molecule has 1 heterocycles. The number of Topliss-reactive ketones (excluding diaryl/α,β-unsaturated/α-hetero) is 1. The van der Waals surface area contributed by atoms with Gasteiger partial charge in [0.2, 0.25) is 5.91 Å². The van der Waals surface area contributed by atoms with Gasteiger partial charge in [-0.3, -0.25) is 14.4 Å². The largest absolute Gasteiger partial charge is 0.480 e. The maximum absolute atomic E-state index is 12.9.